The standard InChI is InChI=1S/2C7H6ClNO5S.Ca/c2*1-4-6(9(10)11)2-5(8)3-7(4)15(12,13)14;/h2*2-3H,1H3,(H,12,13,14);/q;;+2/p-2. The molecule has 0 radical (unpaired) electrons. The maximum atomic E-state index is 10.7. The Kier molecular flexibility index (Phi) is 10.8. The van der Waals surface area contributed by atoms with Crippen LogP contribution in [0.15, 0.2) is 34.1 Å². The van der Waals surface area contributed by atoms with Gasteiger partial charge in [0.05, 0.1) is 19.6 Å². The molecule has 0 heterocycles. The molecule has 31 heavy (non-hydrogen) atoms. The second-order valence-electron chi connectivity index (χ2n) is 5.52. The van der Waals surface area contributed by atoms with Crippen LogP contribution in [0.3, 0.4) is 0 Å². The molecule has 2 aromatic rings. The van der Waals surface area contributed by atoms with Crippen LogP contribution >= 0.6 is 23.2 Å². The number of halogens is 2. The first kappa shape index (κ1) is 29.9. The molecule has 0 fully saturated rings. The maximum Gasteiger partial charge on any atom is 2.00 e. The van der Waals surface area contributed by atoms with E-state index in [0.29, 0.717) is 0 Å². The van der Waals surface area contributed by atoms with E-state index >= 15 is 0 Å². The number of nitrogens with zero attached hydrogens (tertiary/aromatic N) is 2. The van der Waals surface area contributed by atoms with E-state index in [0.717, 1.165) is 24.3 Å². The van der Waals surface area contributed by atoms with E-state index < -0.39 is 51.2 Å². The van der Waals surface area contributed by atoms with Crippen molar-refractivity contribution in [3.8, 4) is 0 Å². The van der Waals surface area contributed by atoms with Crippen molar-refractivity contribution in [3.05, 3.63) is 65.7 Å². The van der Waals surface area contributed by atoms with Crippen LogP contribution in [0.2, 0.25) is 10.0 Å². The molecule has 0 unspecified atom stereocenters. The molecule has 0 bridgehead atoms. The van der Waals surface area contributed by atoms with E-state index in [1.54, 1.807) is 0 Å². The molecule has 17 heteroatoms. The zero-order valence-electron chi connectivity index (χ0n) is 15.6. The Labute approximate surface area is 216 Å². The molecule has 0 saturated carbocycles. The van der Waals surface area contributed by atoms with Crippen molar-refractivity contribution in [2.24, 2.45) is 0 Å². The minimum Gasteiger partial charge on any atom is -0.744 e. The van der Waals surface area contributed by atoms with E-state index in [2.05, 4.69) is 0 Å². The maximum absolute atomic E-state index is 10.7. The number of nitro groups is 2. The van der Waals surface area contributed by atoms with Gasteiger partial charge in [-0.05, 0) is 26.0 Å². The molecule has 12 nitrogen and oxygen atoms in total. The first-order valence-electron chi connectivity index (χ1n) is 7.27. The Bertz CT molecular complexity index is 1150. The van der Waals surface area contributed by atoms with Crippen LogP contribution < -0.4 is 0 Å². The van der Waals surface area contributed by atoms with Crippen LogP contribution in [0.4, 0.5) is 11.4 Å². The molecule has 0 atom stereocenters. The topological polar surface area (TPSA) is 201 Å². The van der Waals surface area contributed by atoms with Gasteiger partial charge in [-0.2, -0.15) is 0 Å². The second kappa shape index (κ2) is 11.2. The van der Waals surface area contributed by atoms with Crippen LogP contribution in [-0.2, 0) is 20.2 Å². The number of rotatable bonds is 4. The van der Waals surface area contributed by atoms with E-state index in [-0.39, 0.29) is 58.9 Å². The van der Waals surface area contributed by atoms with Gasteiger partial charge in [-0.1, -0.05) is 23.2 Å². The van der Waals surface area contributed by atoms with Crippen molar-refractivity contribution in [2.75, 3.05) is 0 Å². The van der Waals surface area contributed by atoms with Crippen molar-refractivity contribution in [1.29, 1.82) is 0 Å². The number of hydrogen-bond acceptors (Lipinski definition) is 10. The third-order valence-corrected chi connectivity index (χ3v) is 5.89. The molecule has 0 aliphatic carbocycles. The van der Waals surface area contributed by atoms with Gasteiger partial charge in [0.1, 0.15) is 20.2 Å². The smallest absolute Gasteiger partial charge is 0.744 e. The van der Waals surface area contributed by atoms with Crippen LogP contribution in [0.25, 0.3) is 0 Å². The summed E-state index contributed by atoms with van der Waals surface area (Å²) in [6, 6.07) is 3.77. The van der Waals surface area contributed by atoms with Crippen molar-refractivity contribution in [3.63, 3.8) is 0 Å². The third-order valence-electron chi connectivity index (χ3n) is 3.53. The average molecular weight is 541 g/mol. The van der Waals surface area contributed by atoms with Gasteiger partial charge in [-0.3, -0.25) is 20.2 Å². The third kappa shape index (κ3) is 8.07. The fraction of sp³-hybridized carbons (Fsp3) is 0.143. The molecular formula is C14H10CaCl2N2O10S2. The predicted octanol–water partition coefficient (Wildman–Crippen LogP) is 2.54. The van der Waals surface area contributed by atoms with Crippen molar-refractivity contribution < 1.29 is 35.8 Å². The van der Waals surface area contributed by atoms with Crippen LogP contribution in [0.5, 0.6) is 0 Å². The Morgan fingerprint density at radius 1 is 0.710 bits per heavy atom. The zero-order valence-corrected chi connectivity index (χ0v) is 20.9. The van der Waals surface area contributed by atoms with E-state index in [9.17, 15) is 46.2 Å². The summed E-state index contributed by atoms with van der Waals surface area (Å²) in [5.41, 5.74) is -1.40. The molecule has 2 aromatic carbocycles. The Hall–Kier alpha value is -1.10. The van der Waals surface area contributed by atoms with Gasteiger partial charge in [0.2, 0.25) is 0 Å². The summed E-state index contributed by atoms with van der Waals surface area (Å²) in [4.78, 5) is 18.1. The number of hydrogen-bond donors (Lipinski definition) is 0. The summed E-state index contributed by atoms with van der Waals surface area (Å²) in [7, 11) is -9.50. The SMILES string of the molecule is Cc1c([N+](=O)[O-])cc(Cl)cc1S(=O)(=O)[O-].Cc1c([N+](=O)[O-])cc(Cl)cc1S(=O)(=O)[O-].[Ca+2]. The molecule has 0 aromatic heterocycles. The molecule has 164 valence electrons. The molecular weight excluding hydrogens is 531 g/mol. The van der Waals surface area contributed by atoms with E-state index in [4.69, 9.17) is 23.2 Å². The van der Waals surface area contributed by atoms with Crippen LogP contribution in [0, 0.1) is 34.1 Å². The van der Waals surface area contributed by atoms with Gasteiger partial charge in [0.25, 0.3) is 11.4 Å². The fourth-order valence-corrected chi connectivity index (χ4v) is 4.24. The first-order chi connectivity index (χ1) is 13.5. The first-order valence-corrected chi connectivity index (χ1v) is 10.8. The van der Waals surface area contributed by atoms with Gasteiger partial charge in [-0.15, -0.1) is 0 Å². The predicted molar refractivity (Wildman–Crippen MR) is 107 cm³/mol. The summed E-state index contributed by atoms with van der Waals surface area (Å²) in [6.07, 6.45) is 0. The summed E-state index contributed by atoms with van der Waals surface area (Å²) in [5, 5.41) is 20.7. The van der Waals surface area contributed by atoms with Gasteiger partial charge in [-0.25, -0.2) is 16.8 Å². The monoisotopic (exact) mass is 540 g/mol. The van der Waals surface area contributed by atoms with E-state index in [1.807, 2.05) is 0 Å². The van der Waals surface area contributed by atoms with Gasteiger partial charge in [0, 0.05) is 33.3 Å². The summed E-state index contributed by atoms with van der Waals surface area (Å²) in [5.74, 6) is 0. The minimum atomic E-state index is -4.75. The number of benzene rings is 2. The molecule has 0 saturated heterocycles. The largest absolute Gasteiger partial charge is 2.00 e. The van der Waals surface area contributed by atoms with Crippen molar-refractivity contribution in [2.45, 2.75) is 23.6 Å². The Balaban J connectivity index is 0.000000562. The van der Waals surface area contributed by atoms with Gasteiger partial charge < -0.3 is 9.11 Å². The van der Waals surface area contributed by atoms with Crippen molar-refractivity contribution >= 4 is 92.6 Å². The van der Waals surface area contributed by atoms with Gasteiger partial charge in [0.15, 0.2) is 0 Å². The van der Waals surface area contributed by atoms with Crippen LogP contribution in [0.1, 0.15) is 11.1 Å². The Morgan fingerprint density at radius 2 is 0.968 bits per heavy atom. The molecule has 0 aliphatic rings. The summed E-state index contributed by atoms with van der Waals surface area (Å²) < 4.78 is 64.5. The molecule has 0 aliphatic heterocycles. The number of nitro benzene ring substituents is 2. The van der Waals surface area contributed by atoms with Crippen LogP contribution in [-0.4, -0.2) is 73.5 Å². The average Bonchev–Trinajstić information content (AvgIpc) is 2.56. The Morgan fingerprint density at radius 3 is 1.16 bits per heavy atom. The molecule has 0 amide bonds. The zero-order chi connectivity index (χ0) is 23.6. The van der Waals surface area contributed by atoms with Crippen molar-refractivity contribution in [1.82, 2.24) is 0 Å². The molecule has 2 rings (SSSR count). The summed E-state index contributed by atoms with van der Waals surface area (Å²) in [6.45, 7) is 2.36. The normalized spacial score (nSPS) is 11.0. The van der Waals surface area contributed by atoms with E-state index in [1.165, 1.54) is 13.8 Å². The quantitative estimate of drug-likeness (QED) is 0.240. The molecule has 0 N–H and O–H groups in total. The molecule has 0 spiro atoms. The van der Waals surface area contributed by atoms with Gasteiger partial charge >= 0.3 is 37.7 Å². The fourth-order valence-electron chi connectivity index (χ4n) is 2.18. The minimum absolute atomic E-state index is 0. The summed E-state index contributed by atoms with van der Waals surface area (Å²) >= 11 is 10.9. The second-order valence-corrected chi connectivity index (χ2v) is 9.09.